The SMILES string of the molecule is CCS(=O)(=O)N1CCC[C@H](C(=O)Nc2ccc(C(C)C)cc2)C1. The van der Waals surface area contributed by atoms with E-state index in [0.29, 0.717) is 12.5 Å². The van der Waals surface area contributed by atoms with Crippen LogP contribution in [0.15, 0.2) is 24.3 Å². The van der Waals surface area contributed by atoms with Crippen LogP contribution in [0.25, 0.3) is 0 Å². The first kappa shape index (κ1) is 17.9. The van der Waals surface area contributed by atoms with Gasteiger partial charge in [0.15, 0.2) is 0 Å². The number of piperidine rings is 1. The fourth-order valence-electron chi connectivity index (χ4n) is 2.79. The van der Waals surface area contributed by atoms with E-state index in [1.54, 1.807) is 6.92 Å². The first-order valence-electron chi connectivity index (χ1n) is 8.22. The molecule has 1 N–H and O–H groups in total. The van der Waals surface area contributed by atoms with Gasteiger partial charge in [-0.3, -0.25) is 4.79 Å². The van der Waals surface area contributed by atoms with Crippen molar-refractivity contribution in [2.45, 2.75) is 39.5 Å². The van der Waals surface area contributed by atoms with E-state index in [-0.39, 0.29) is 24.1 Å². The van der Waals surface area contributed by atoms with Crippen LogP contribution in [-0.4, -0.2) is 37.5 Å². The molecule has 1 aliphatic heterocycles. The second kappa shape index (κ2) is 7.45. The van der Waals surface area contributed by atoms with E-state index in [1.807, 2.05) is 24.3 Å². The van der Waals surface area contributed by atoms with Gasteiger partial charge in [-0.05, 0) is 43.4 Å². The molecule has 0 bridgehead atoms. The Morgan fingerprint density at radius 3 is 2.52 bits per heavy atom. The van der Waals surface area contributed by atoms with Crippen molar-refractivity contribution in [1.82, 2.24) is 4.31 Å². The Morgan fingerprint density at radius 2 is 1.96 bits per heavy atom. The normalized spacial score (nSPS) is 19.7. The number of carbonyl (C=O) groups excluding carboxylic acids is 1. The zero-order valence-corrected chi connectivity index (χ0v) is 14.9. The first-order chi connectivity index (χ1) is 10.8. The first-order valence-corrected chi connectivity index (χ1v) is 9.83. The van der Waals surface area contributed by atoms with Gasteiger partial charge in [0.25, 0.3) is 0 Å². The predicted molar refractivity (Wildman–Crippen MR) is 92.9 cm³/mol. The molecule has 1 aromatic carbocycles. The standard InChI is InChI=1S/C17H26N2O3S/c1-4-23(21,22)19-11-5-6-15(12-19)17(20)18-16-9-7-14(8-10-16)13(2)3/h7-10,13,15H,4-6,11-12H2,1-3H3,(H,18,20)/t15-/m0/s1. The Labute approximate surface area is 139 Å². The van der Waals surface area contributed by atoms with Gasteiger partial charge in [0, 0.05) is 18.8 Å². The molecule has 1 aromatic rings. The third kappa shape index (κ3) is 4.54. The van der Waals surface area contributed by atoms with Crippen LogP contribution in [0.2, 0.25) is 0 Å². The third-order valence-corrected chi connectivity index (χ3v) is 6.21. The molecule has 1 amide bonds. The number of amides is 1. The van der Waals surface area contributed by atoms with Gasteiger partial charge in [0.2, 0.25) is 15.9 Å². The molecule has 0 unspecified atom stereocenters. The second-order valence-corrected chi connectivity index (χ2v) is 8.62. The highest BCUT2D eigenvalue weighted by molar-refractivity contribution is 7.89. The molecule has 1 saturated heterocycles. The molecule has 23 heavy (non-hydrogen) atoms. The summed E-state index contributed by atoms with van der Waals surface area (Å²) in [5.74, 6) is 0.150. The molecule has 0 spiro atoms. The van der Waals surface area contributed by atoms with Crippen molar-refractivity contribution >= 4 is 21.6 Å². The lowest BCUT2D eigenvalue weighted by atomic mass is 9.98. The van der Waals surface area contributed by atoms with Crippen LogP contribution in [0.5, 0.6) is 0 Å². The van der Waals surface area contributed by atoms with Crippen LogP contribution in [0.4, 0.5) is 5.69 Å². The molecular formula is C17H26N2O3S. The van der Waals surface area contributed by atoms with E-state index in [0.717, 1.165) is 18.5 Å². The van der Waals surface area contributed by atoms with Crippen LogP contribution in [0.3, 0.4) is 0 Å². The fraction of sp³-hybridized carbons (Fsp3) is 0.588. The third-order valence-electron chi connectivity index (χ3n) is 4.36. The van der Waals surface area contributed by atoms with Crippen LogP contribution < -0.4 is 5.32 Å². The highest BCUT2D eigenvalue weighted by Crippen LogP contribution is 2.22. The summed E-state index contributed by atoms with van der Waals surface area (Å²) in [7, 11) is -3.22. The minimum absolute atomic E-state index is 0.0814. The van der Waals surface area contributed by atoms with Crippen molar-refractivity contribution in [3.63, 3.8) is 0 Å². The van der Waals surface area contributed by atoms with Gasteiger partial charge in [-0.1, -0.05) is 26.0 Å². The molecule has 5 nitrogen and oxygen atoms in total. The number of carbonyl (C=O) groups is 1. The maximum atomic E-state index is 12.4. The van der Waals surface area contributed by atoms with E-state index in [1.165, 1.54) is 9.87 Å². The van der Waals surface area contributed by atoms with E-state index in [4.69, 9.17) is 0 Å². The summed E-state index contributed by atoms with van der Waals surface area (Å²) in [6.07, 6.45) is 1.45. The maximum absolute atomic E-state index is 12.4. The molecule has 1 atom stereocenters. The van der Waals surface area contributed by atoms with Gasteiger partial charge in [-0.2, -0.15) is 0 Å². The molecule has 1 heterocycles. The van der Waals surface area contributed by atoms with E-state index >= 15 is 0 Å². The molecule has 0 aliphatic carbocycles. The summed E-state index contributed by atoms with van der Waals surface area (Å²) in [5.41, 5.74) is 1.98. The molecule has 2 rings (SSSR count). The largest absolute Gasteiger partial charge is 0.326 e. The average Bonchev–Trinajstić information content (AvgIpc) is 2.55. The summed E-state index contributed by atoms with van der Waals surface area (Å²) < 4.78 is 25.4. The zero-order valence-electron chi connectivity index (χ0n) is 14.1. The number of nitrogens with one attached hydrogen (secondary N) is 1. The summed E-state index contributed by atoms with van der Waals surface area (Å²) in [6.45, 7) is 6.68. The van der Waals surface area contributed by atoms with E-state index < -0.39 is 10.0 Å². The molecule has 128 valence electrons. The predicted octanol–water partition coefficient (Wildman–Crippen LogP) is 2.81. The Bertz CT molecular complexity index is 638. The molecule has 0 radical (unpaired) electrons. The van der Waals surface area contributed by atoms with Crippen LogP contribution >= 0.6 is 0 Å². The number of benzene rings is 1. The number of hydrogen-bond acceptors (Lipinski definition) is 3. The summed E-state index contributed by atoms with van der Waals surface area (Å²) in [6, 6.07) is 7.82. The minimum Gasteiger partial charge on any atom is -0.326 e. The lowest BCUT2D eigenvalue weighted by molar-refractivity contribution is -0.120. The molecule has 1 fully saturated rings. The van der Waals surface area contributed by atoms with Gasteiger partial charge in [-0.25, -0.2) is 12.7 Å². The number of nitrogens with zero attached hydrogens (tertiary/aromatic N) is 1. The van der Waals surface area contributed by atoms with Gasteiger partial charge < -0.3 is 5.32 Å². The van der Waals surface area contributed by atoms with Crippen molar-refractivity contribution in [2.75, 3.05) is 24.2 Å². The Morgan fingerprint density at radius 1 is 1.30 bits per heavy atom. The minimum atomic E-state index is -3.22. The molecular weight excluding hydrogens is 312 g/mol. The average molecular weight is 338 g/mol. The van der Waals surface area contributed by atoms with Gasteiger partial charge in [0.1, 0.15) is 0 Å². The van der Waals surface area contributed by atoms with Crippen LogP contribution in [-0.2, 0) is 14.8 Å². The van der Waals surface area contributed by atoms with Crippen LogP contribution in [0.1, 0.15) is 45.1 Å². The zero-order chi connectivity index (χ0) is 17.0. The Balaban J connectivity index is 2.00. The van der Waals surface area contributed by atoms with Crippen LogP contribution in [0, 0.1) is 5.92 Å². The lowest BCUT2D eigenvalue weighted by Gasteiger charge is -2.30. The van der Waals surface area contributed by atoms with E-state index in [9.17, 15) is 13.2 Å². The van der Waals surface area contributed by atoms with Crippen molar-refractivity contribution in [2.24, 2.45) is 5.92 Å². The van der Waals surface area contributed by atoms with Gasteiger partial charge in [0.05, 0.1) is 11.7 Å². The van der Waals surface area contributed by atoms with Gasteiger partial charge >= 0.3 is 0 Å². The monoisotopic (exact) mass is 338 g/mol. The van der Waals surface area contributed by atoms with E-state index in [2.05, 4.69) is 19.2 Å². The Kier molecular flexibility index (Phi) is 5.81. The maximum Gasteiger partial charge on any atom is 0.228 e. The molecule has 0 aromatic heterocycles. The second-order valence-electron chi connectivity index (χ2n) is 6.36. The number of rotatable bonds is 5. The Hall–Kier alpha value is -1.40. The topological polar surface area (TPSA) is 66.5 Å². The van der Waals surface area contributed by atoms with Crippen molar-refractivity contribution in [3.05, 3.63) is 29.8 Å². The van der Waals surface area contributed by atoms with Crippen molar-refractivity contribution < 1.29 is 13.2 Å². The smallest absolute Gasteiger partial charge is 0.228 e. The fourth-order valence-corrected chi connectivity index (χ4v) is 3.97. The van der Waals surface area contributed by atoms with Crippen molar-refractivity contribution in [1.29, 1.82) is 0 Å². The highest BCUT2D eigenvalue weighted by Gasteiger charge is 2.31. The number of sulfonamides is 1. The lowest BCUT2D eigenvalue weighted by Crippen LogP contribution is -2.44. The molecule has 0 saturated carbocycles. The highest BCUT2D eigenvalue weighted by atomic mass is 32.2. The summed E-state index contributed by atoms with van der Waals surface area (Å²) in [4.78, 5) is 12.4. The summed E-state index contributed by atoms with van der Waals surface area (Å²) >= 11 is 0. The van der Waals surface area contributed by atoms with Crippen molar-refractivity contribution in [3.8, 4) is 0 Å². The quantitative estimate of drug-likeness (QED) is 0.898. The number of hydrogen-bond donors (Lipinski definition) is 1. The number of anilines is 1. The molecule has 6 heteroatoms. The summed E-state index contributed by atoms with van der Waals surface area (Å²) in [5, 5.41) is 2.91. The van der Waals surface area contributed by atoms with Gasteiger partial charge in [-0.15, -0.1) is 0 Å². The molecule has 1 aliphatic rings.